The van der Waals surface area contributed by atoms with Crippen LogP contribution in [0.4, 0.5) is 0 Å². The molecule has 0 unspecified atom stereocenters. The number of aliphatic carboxylic acids is 1. The Kier molecular flexibility index (Phi) is 9.18. The van der Waals surface area contributed by atoms with Crippen molar-refractivity contribution in [3.8, 4) is 0 Å². The van der Waals surface area contributed by atoms with Crippen molar-refractivity contribution in [1.29, 1.82) is 0 Å². The number of carbonyl (C=O) groups is 1. The van der Waals surface area contributed by atoms with Gasteiger partial charge in [0.2, 0.25) is 0 Å². The van der Waals surface area contributed by atoms with Gasteiger partial charge in [-0.3, -0.25) is 9.69 Å². The lowest BCUT2D eigenvalue weighted by atomic mass is 10.2. The van der Waals surface area contributed by atoms with E-state index in [1.807, 2.05) is 4.90 Å². The number of carboxylic acid groups (broad SMARTS) is 1. The van der Waals surface area contributed by atoms with Crippen LogP contribution in [-0.2, 0) is 14.3 Å². The summed E-state index contributed by atoms with van der Waals surface area (Å²) in [7, 11) is 1.61. The van der Waals surface area contributed by atoms with Crippen LogP contribution in [0.3, 0.4) is 0 Å². The van der Waals surface area contributed by atoms with E-state index < -0.39 is 5.97 Å². The van der Waals surface area contributed by atoms with Crippen LogP contribution in [0.2, 0.25) is 0 Å². The summed E-state index contributed by atoms with van der Waals surface area (Å²) in [4.78, 5) is 12.4. The van der Waals surface area contributed by atoms with Crippen molar-refractivity contribution in [2.45, 2.75) is 13.8 Å². The number of carboxylic acids is 1. The third-order valence-corrected chi connectivity index (χ3v) is 1.97. The molecule has 0 aliphatic rings. The molecule has 0 saturated heterocycles. The van der Waals surface area contributed by atoms with E-state index in [4.69, 9.17) is 14.6 Å². The summed E-state index contributed by atoms with van der Waals surface area (Å²) in [5.41, 5.74) is 0. The van der Waals surface area contributed by atoms with Crippen molar-refractivity contribution in [2.24, 2.45) is 5.92 Å². The van der Waals surface area contributed by atoms with Crippen LogP contribution in [0, 0.1) is 5.92 Å². The van der Waals surface area contributed by atoms with Crippen molar-refractivity contribution in [2.75, 3.05) is 46.6 Å². The molecule has 16 heavy (non-hydrogen) atoms. The molecular weight excluding hydrogens is 210 g/mol. The van der Waals surface area contributed by atoms with Crippen molar-refractivity contribution in [1.82, 2.24) is 4.90 Å². The summed E-state index contributed by atoms with van der Waals surface area (Å²) in [6.45, 7) is 7.27. The fourth-order valence-corrected chi connectivity index (χ4v) is 1.19. The third kappa shape index (κ3) is 9.89. The Morgan fingerprint density at radius 1 is 1.31 bits per heavy atom. The monoisotopic (exact) mass is 233 g/mol. The highest BCUT2D eigenvalue weighted by molar-refractivity contribution is 5.69. The van der Waals surface area contributed by atoms with E-state index in [9.17, 15) is 4.79 Å². The van der Waals surface area contributed by atoms with Gasteiger partial charge in [-0.05, 0) is 5.92 Å². The average Bonchev–Trinajstić information content (AvgIpc) is 2.19. The molecule has 0 atom stereocenters. The van der Waals surface area contributed by atoms with Crippen LogP contribution in [0.15, 0.2) is 0 Å². The lowest BCUT2D eigenvalue weighted by Gasteiger charge is -2.19. The first-order valence-corrected chi connectivity index (χ1v) is 5.57. The number of nitrogens with zero attached hydrogens (tertiary/aromatic N) is 1. The molecule has 0 rings (SSSR count). The molecule has 1 N–H and O–H groups in total. The molecule has 0 aromatic heterocycles. The van der Waals surface area contributed by atoms with E-state index in [0.29, 0.717) is 38.8 Å². The summed E-state index contributed by atoms with van der Waals surface area (Å²) >= 11 is 0. The van der Waals surface area contributed by atoms with Gasteiger partial charge >= 0.3 is 5.97 Å². The molecule has 0 radical (unpaired) electrons. The highest BCUT2D eigenvalue weighted by atomic mass is 16.5. The fraction of sp³-hybridized carbons (Fsp3) is 0.909. The van der Waals surface area contributed by atoms with Gasteiger partial charge in [0.1, 0.15) is 0 Å². The summed E-state index contributed by atoms with van der Waals surface area (Å²) in [6.07, 6.45) is 0. The minimum atomic E-state index is -0.819. The number of methoxy groups -OCH3 is 1. The van der Waals surface area contributed by atoms with Gasteiger partial charge in [0.15, 0.2) is 0 Å². The van der Waals surface area contributed by atoms with E-state index in [2.05, 4.69) is 13.8 Å². The summed E-state index contributed by atoms with van der Waals surface area (Å²) in [5, 5.41) is 8.70. The molecule has 96 valence electrons. The molecule has 0 bridgehead atoms. The van der Waals surface area contributed by atoms with Crippen LogP contribution in [0.5, 0.6) is 0 Å². The number of hydrogen-bond donors (Lipinski definition) is 1. The molecule has 0 aliphatic heterocycles. The first-order chi connectivity index (χ1) is 7.56. The molecule has 0 aromatic carbocycles. The first kappa shape index (κ1) is 15.3. The normalized spacial score (nSPS) is 11.3. The van der Waals surface area contributed by atoms with Crippen LogP contribution >= 0.6 is 0 Å². The maximum atomic E-state index is 10.6. The Balaban J connectivity index is 3.68. The predicted molar refractivity (Wildman–Crippen MR) is 61.6 cm³/mol. The smallest absolute Gasteiger partial charge is 0.317 e. The van der Waals surface area contributed by atoms with E-state index in [-0.39, 0.29) is 6.54 Å². The molecule has 0 heterocycles. The molecule has 0 aliphatic carbocycles. The van der Waals surface area contributed by atoms with Gasteiger partial charge in [-0.25, -0.2) is 0 Å². The quantitative estimate of drug-likeness (QED) is 0.563. The fourth-order valence-electron chi connectivity index (χ4n) is 1.19. The van der Waals surface area contributed by atoms with Crippen molar-refractivity contribution >= 4 is 5.97 Å². The first-order valence-electron chi connectivity index (χ1n) is 5.57. The van der Waals surface area contributed by atoms with E-state index in [1.54, 1.807) is 7.11 Å². The molecule has 0 spiro atoms. The standard InChI is InChI=1S/C11H23NO4/c1-10(2)9-16-7-5-12(4-6-15-3)8-11(13)14/h10H,4-9H2,1-3H3,(H,13,14). The highest BCUT2D eigenvalue weighted by Gasteiger charge is 2.09. The second-order valence-electron chi connectivity index (χ2n) is 4.13. The van der Waals surface area contributed by atoms with Crippen molar-refractivity contribution < 1.29 is 19.4 Å². The molecule has 5 heteroatoms. The van der Waals surface area contributed by atoms with E-state index >= 15 is 0 Å². The lowest BCUT2D eigenvalue weighted by molar-refractivity contribution is -0.138. The van der Waals surface area contributed by atoms with Gasteiger partial charge in [0.25, 0.3) is 0 Å². The maximum Gasteiger partial charge on any atom is 0.317 e. The summed E-state index contributed by atoms with van der Waals surface area (Å²) in [6, 6.07) is 0. The van der Waals surface area contributed by atoms with Crippen LogP contribution < -0.4 is 0 Å². The van der Waals surface area contributed by atoms with E-state index in [1.165, 1.54) is 0 Å². The SMILES string of the molecule is COCCN(CCOCC(C)C)CC(=O)O. The third-order valence-electron chi connectivity index (χ3n) is 1.97. The Labute approximate surface area is 97.3 Å². The molecule has 5 nitrogen and oxygen atoms in total. The van der Waals surface area contributed by atoms with Crippen molar-refractivity contribution in [3.05, 3.63) is 0 Å². The van der Waals surface area contributed by atoms with Gasteiger partial charge in [0.05, 0.1) is 19.8 Å². The minimum absolute atomic E-state index is 0.0361. The van der Waals surface area contributed by atoms with Gasteiger partial charge in [0, 0.05) is 26.8 Å². The van der Waals surface area contributed by atoms with Crippen LogP contribution in [0.1, 0.15) is 13.8 Å². The largest absolute Gasteiger partial charge is 0.480 e. The minimum Gasteiger partial charge on any atom is -0.480 e. The summed E-state index contributed by atoms with van der Waals surface area (Å²) in [5.74, 6) is -0.313. The molecule has 0 amide bonds. The van der Waals surface area contributed by atoms with Gasteiger partial charge in [-0.2, -0.15) is 0 Å². The Morgan fingerprint density at radius 2 is 1.94 bits per heavy atom. The maximum absolute atomic E-state index is 10.6. The molecule has 0 aromatic rings. The topological polar surface area (TPSA) is 59.0 Å². The zero-order chi connectivity index (χ0) is 12.4. The second-order valence-corrected chi connectivity index (χ2v) is 4.13. The number of ether oxygens (including phenoxy) is 2. The van der Waals surface area contributed by atoms with E-state index in [0.717, 1.165) is 0 Å². The number of rotatable bonds is 10. The predicted octanol–water partition coefficient (Wildman–Crippen LogP) is 0.692. The Morgan fingerprint density at radius 3 is 2.44 bits per heavy atom. The molecular formula is C11H23NO4. The van der Waals surface area contributed by atoms with Gasteiger partial charge in [-0.1, -0.05) is 13.8 Å². The van der Waals surface area contributed by atoms with Gasteiger partial charge in [-0.15, -0.1) is 0 Å². The zero-order valence-electron chi connectivity index (χ0n) is 10.4. The Hall–Kier alpha value is -0.650. The lowest BCUT2D eigenvalue weighted by Crippen LogP contribution is -2.35. The Bertz CT molecular complexity index is 185. The summed E-state index contributed by atoms with van der Waals surface area (Å²) < 4.78 is 10.3. The van der Waals surface area contributed by atoms with Crippen LogP contribution in [0.25, 0.3) is 0 Å². The zero-order valence-corrected chi connectivity index (χ0v) is 10.4. The highest BCUT2D eigenvalue weighted by Crippen LogP contribution is 1.94. The molecule has 0 fully saturated rings. The number of hydrogen-bond acceptors (Lipinski definition) is 4. The average molecular weight is 233 g/mol. The second kappa shape index (κ2) is 9.57. The van der Waals surface area contributed by atoms with Gasteiger partial charge < -0.3 is 14.6 Å². The van der Waals surface area contributed by atoms with Crippen LogP contribution in [-0.4, -0.2) is 62.5 Å². The molecule has 0 saturated carbocycles. The van der Waals surface area contributed by atoms with Crippen molar-refractivity contribution in [3.63, 3.8) is 0 Å².